The Morgan fingerprint density at radius 2 is 2.03 bits per heavy atom. The van der Waals surface area contributed by atoms with Gasteiger partial charge in [-0.3, -0.25) is 9.59 Å². The molecule has 1 aromatic carbocycles. The molecule has 0 bridgehead atoms. The van der Waals surface area contributed by atoms with Gasteiger partial charge in [0.2, 0.25) is 11.1 Å². The van der Waals surface area contributed by atoms with Crippen LogP contribution in [0.1, 0.15) is 33.8 Å². The molecule has 10 heteroatoms. The van der Waals surface area contributed by atoms with Crippen LogP contribution in [0.25, 0.3) is 0 Å². The van der Waals surface area contributed by atoms with Crippen LogP contribution in [0, 0.1) is 13.8 Å². The normalized spacial score (nSPS) is 11.0. The SMILES string of the molecule is Cc1nc(CCn2ncc(C)c(CC(=O)NCc3cc(Cl)ccc3CN)c2=O)c(Cl)o1. The van der Waals surface area contributed by atoms with Crippen LogP contribution in [0.15, 0.2) is 33.6 Å². The highest BCUT2D eigenvalue weighted by molar-refractivity contribution is 6.30. The minimum atomic E-state index is -0.322. The van der Waals surface area contributed by atoms with E-state index in [1.807, 2.05) is 6.07 Å². The van der Waals surface area contributed by atoms with Crippen LogP contribution in [-0.2, 0) is 37.3 Å². The van der Waals surface area contributed by atoms with Crippen molar-refractivity contribution < 1.29 is 9.21 Å². The van der Waals surface area contributed by atoms with E-state index in [2.05, 4.69) is 15.4 Å². The second-order valence-electron chi connectivity index (χ2n) is 7.11. The molecule has 2 aromatic heterocycles. The van der Waals surface area contributed by atoms with Gasteiger partial charge in [0.15, 0.2) is 5.89 Å². The number of nitrogens with two attached hydrogens (primary N) is 1. The van der Waals surface area contributed by atoms with Crippen LogP contribution in [-0.4, -0.2) is 20.7 Å². The number of halogens is 2. The molecular formula is C21H23Cl2N5O3. The highest BCUT2D eigenvalue weighted by Gasteiger charge is 2.15. The molecule has 3 aromatic rings. The Bertz CT molecular complexity index is 1160. The summed E-state index contributed by atoms with van der Waals surface area (Å²) in [4.78, 5) is 29.6. The molecule has 3 rings (SSSR count). The summed E-state index contributed by atoms with van der Waals surface area (Å²) < 4.78 is 6.50. The Morgan fingerprint density at radius 3 is 2.71 bits per heavy atom. The van der Waals surface area contributed by atoms with Crippen LogP contribution >= 0.6 is 23.2 Å². The third kappa shape index (κ3) is 5.72. The third-order valence-electron chi connectivity index (χ3n) is 4.88. The smallest absolute Gasteiger partial charge is 0.270 e. The Morgan fingerprint density at radius 1 is 1.26 bits per heavy atom. The Hall–Kier alpha value is -2.68. The fourth-order valence-electron chi connectivity index (χ4n) is 3.17. The second-order valence-corrected chi connectivity index (χ2v) is 7.89. The molecule has 0 saturated heterocycles. The topological polar surface area (TPSA) is 116 Å². The largest absolute Gasteiger partial charge is 0.429 e. The molecule has 2 heterocycles. The lowest BCUT2D eigenvalue weighted by atomic mass is 10.1. The van der Waals surface area contributed by atoms with Gasteiger partial charge in [-0.15, -0.1) is 0 Å². The first-order valence-corrected chi connectivity index (χ1v) is 10.5. The van der Waals surface area contributed by atoms with Gasteiger partial charge >= 0.3 is 0 Å². The molecule has 3 N–H and O–H groups in total. The zero-order valence-electron chi connectivity index (χ0n) is 17.2. The molecule has 0 aliphatic heterocycles. The number of aryl methyl sites for hydroxylation is 4. The molecule has 0 atom stereocenters. The maximum atomic E-state index is 12.9. The van der Waals surface area contributed by atoms with Crippen LogP contribution in [0.3, 0.4) is 0 Å². The van der Waals surface area contributed by atoms with Crippen molar-refractivity contribution in [1.29, 1.82) is 0 Å². The summed E-state index contributed by atoms with van der Waals surface area (Å²) in [5.41, 5.74) is 8.76. The standard InChI is InChI=1S/C21H23Cl2N5O3/c1-12-10-26-28(6-5-18-20(23)31-13(2)27-18)21(30)17(12)8-19(29)25-11-15-7-16(22)4-3-14(15)9-24/h3-4,7,10H,5-6,8-9,11,24H2,1-2H3,(H,25,29). The lowest BCUT2D eigenvalue weighted by Gasteiger charge is -2.12. The molecule has 0 saturated carbocycles. The van der Waals surface area contributed by atoms with E-state index in [0.717, 1.165) is 11.1 Å². The van der Waals surface area contributed by atoms with Crippen molar-refractivity contribution in [3.63, 3.8) is 0 Å². The van der Waals surface area contributed by atoms with Crippen LogP contribution in [0.4, 0.5) is 0 Å². The van der Waals surface area contributed by atoms with E-state index in [1.165, 1.54) is 4.68 Å². The lowest BCUT2D eigenvalue weighted by Crippen LogP contribution is -2.32. The molecule has 0 radical (unpaired) electrons. The van der Waals surface area contributed by atoms with Gasteiger partial charge in [0.05, 0.1) is 19.2 Å². The van der Waals surface area contributed by atoms with E-state index < -0.39 is 0 Å². The van der Waals surface area contributed by atoms with Gasteiger partial charge in [-0.1, -0.05) is 17.7 Å². The number of amides is 1. The minimum absolute atomic E-state index is 0.0600. The van der Waals surface area contributed by atoms with Crippen molar-refractivity contribution in [2.75, 3.05) is 0 Å². The van der Waals surface area contributed by atoms with Gasteiger partial charge in [0.1, 0.15) is 5.69 Å². The third-order valence-corrected chi connectivity index (χ3v) is 5.41. The van der Waals surface area contributed by atoms with Crippen molar-refractivity contribution in [1.82, 2.24) is 20.1 Å². The van der Waals surface area contributed by atoms with Crippen LogP contribution < -0.4 is 16.6 Å². The molecule has 0 unspecified atom stereocenters. The predicted octanol–water partition coefficient (Wildman–Crippen LogP) is 2.72. The molecule has 1 amide bonds. The summed E-state index contributed by atoms with van der Waals surface area (Å²) in [5.74, 6) is 0.176. The average molecular weight is 464 g/mol. The van der Waals surface area contributed by atoms with E-state index in [0.29, 0.717) is 40.7 Å². The maximum Gasteiger partial charge on any atom is 0.270 e. The van der Waals surface area contributed by atoms with E-state index in [-0.39, 0.29) is 36.2 Å². The van der Waals surface area contributed by atoms with Gasteiger partial charge in [-0.05, 0) is 47.3 Å². The van der Waals surface area contributed by atoms with E-state index in [4.69, 9.17) is 33.4 Å². The maximum absolute atomic E-state index is 12.9. The number of carbonyl (C=O) groups excluding carboxylic acids is 1. The van der Waals surface area contributed by atoms with Gasteiger partial charge in [-0.25, -0.2) is 9.67 Å². The van der Waals surface area contributed by atoms with E-state index in [9.17, 15) is 9.59 Å². The number of carbonyl (C=O) groups is 1. The van der Waals surface area contributed by atoms with Crippen LogP contribution in [0.5, 0.6) is 0 Å². The summed E-state index contributed by atoms with van der Waals surface area (Å²) in [6, 6.07) is 5.36. The zero-order valence-corrected chi connectivity index (χ0v) is 18.8. The molecule has 0 aliphatic carbocycles. The molecule has 31 heavy (non-hydrogen) atoms. The highest BCUT2D eigenvalue weighted by Crippen LogP contribution is 2.18. The van der Waals surface area contributed by atoms with Crippen LogP contribution in [0.2, 0.25) is 10.2 Å². The molecule has 0 spiro atoms. The monoisotopic (exact) mass is 463 g/mol. The Kier molecular flexibility index (Phi) is 7.48. The number of rotatable bonds is 8. The first kappa shape index (κ1) is 23.0. The molecule has 0 aliphatic rings. The second kappa shape index (κ2) is 10.1. The van der Waals surface area contributed by atoms with Crippen molar-refractivity contribution in [2.24, 2.45) is 5.73 Å². The summed E-state index contributed by atoms with van der Waals surface area (Å²) in [6.07, 6.45) is 1.90. The summed E-state index contributed by atoms with van der Waals surface area (Å²) in [5, 5.41) is 7.77. The predicted molar refractivity (Wildman–Crippen MR) is 118 cm³/mol. The summed E-state index contributed by atoms with van der Waals surface area (Å²) in [6.45, 7) is 4.33. The van der Waals surface area contributed by atoms with Crippen molar-refractivity contribution in [3.8, 4) is 0 Å². The van der Waals surface area contributed by atoms with Crippen molar-refractivity contribution >= 4 is 29.1 Å². The van der Waals surface area contributed by atoms with E-state index >= 15 is 0 Å². The van der Waals surface area contributed by atoms with Crippen molar-refractivity contribution in [2.45, 2.75) is 46.3 Å². The number of benzene rings is 1. The average Bonchev–Trinajstić information content (AvgIpc) is 3.06. The molecular weight excluding hydrogens is 441 g/mol. The number of nitrogens with one attached hydrogen (secondary N) is 1. The summed E-state index contributed by atoms with van der Waals surface area (Å²) in [7, 11) is 0. The first-order valence-electron chi connectivity index (χ1n) is 9.70. The molecule has 164 valence electrons. The molecule has 8 nitrogen and oxygen atoms in total. The van der Waals surface area contributed by atoms with Gasteiger partial charge in [0, 0.05) is 37.0 Å². The number of hydrogen-bond acceptors (Lipinski definition) is 6. The Labute approximate surface area is 189 Å². The molecule has 0 fully saturated rings. The van der Waals surface area contributed by atoms with Gasteiger partial charge in [0.25, 0.3) is 5.56 Å². The number of oxazole rings is 1. The fraction of sp³-hybridized carbons (Fsp3) is 0.333. The first-order chi connectivity index (χ1) is 14.8. The minimum Gasteiger partial charge on any atom is -0.429 e. The zero-order chi connectivity index (χ0) is 22.5. The highest BCUT2D eigenvalue weighted by atomic mass is 35.5. The fourth-order valence-corrected chi connectivity index (χ4v) is 3.61. The number of aromatic nitrogens is 3. The van der Waals surface area contributed by atoms with Gasteiger partial charge < -0.3 is 15.5 Å². The summed E-state index contributed by atoms with van der Waals surface area (Å²) >= 11 is 12.0. The number of nitrogens with zero attached hydrogens (tertiary/aromatic N) is 3. The van der Waals surface area contributed by atoms with E-state index in [1.54, 1.807) is 32.2 Å². The Balaban J connectivity index is 1.69. The van der Waals surface area contributed by atoms with Gasteiger partial charge in [-0.2, -0.15) is 5.10 Å². The quantitative estimate of drug-likeness (QED) is 0.530. The number of hydrogen-bond donors (Lipinski definition) is 2. The van der Waals surface area contributed by atoms with Crippen molar-refractivity contribution in [3.05, 3.63) is 78.8 Å². The lowest BCUT2D eigenvalue weighted by molar-refractivity contribution is -0.120.